The molecule has 112 valence electrons. The Morgan fingerprint density at radius 2 is 2.00 bits per heavy atom. The van der Waals surface area contributed by atoms with Gasteiger partial charge in [0.25, 0.3) is 5.91 Å². The van der Waals surface area contributed by atoms with Crippen molar-refractivity contribution in [3.8, 4) is 5.75 Å². The lowest BCUT2D eigenvalue weighted by Crippen LogP contribution is -2.11. The van der Waals surface area contributed by atoms with E-state index < -0.39 is 0 Å². The van der Waals surface area contributed by atoms with Crippen molar-refractivity contribution in [3.63, 3.8) is 0 Å². The molecule has 0 saturated carbocycles. The summed E-state index contributed by atoms with van der Waals surface area (Å²) in [6, 6.07) is 12.9. The van der Waals surface area contributed by atoms with Crippen molar-refractivity contribution in [1.82, 2.24) is 9.55 Å². The highest BCUT2D eigenvalue weighted by Gasteiger charge is 2.14. The van der Waals surface area contributed by atoms with Crippen molar-refractivity contribution in [2.75, 3.05) is 0 Å². The van der Waals surface area contributed by atoms with E-state index in [1.54, 1.807) is 29.1 Å². The molecule has 22 heavy (non-hydrogen) atoms. The quantitative estimate of drug-likeness (QED) is 0.701. The van der Waals surface area contributed by atoms with Gasteiger partial charge >= 0.3 is 0 Å². The van der Waals surface area contributed by atoms with Crippen molar-refractivity contribution in [1.29, 1.82) is 0 Å². The molecule has 0 atom stereocenters. The van der Waals surface area contributed by atoms with Crippen LogP contribution in [-0.4, -0.2) is 21.6 Å². The number of hydrogen-bond acceptors (Lipinski definition) is 3. The molecule has 2 aromatic carbocycles. The minimum Gasteiger partial charge on any atom is -0.490 e. The first-order valence-corrected chi connectivity index (χ1v) is 7.78. The van der Waals surface area contributed by atoms with Crippen LogP contribution in [0.15, 0.2) is 53.3 Å². The Hall–Kier alpha value is -2.14. The van der Waals surface area contributed by atoms with E-state index in [-0.39, 0.29) is 12.0 Å². The Labute approximate surface area is 136 Å². The minimum absolute atomic E-state index is 0.0791. The van der Waals surface area contributed by atoms with Crippen LogP contribution in [0, 0.1) is 0 Å². The largest absolute Gasteiger partial charge is 0.490 e. The lowest BCUT2D eigenvalue weighted by molar-refractivity contribution is 0.0964. The van der Waals surface area contributed by atoms with Gasteiger partial charge in [-0.15, -0.1) is 0 Å². The zero-order valence-electron chi connectivity index (χ0n) is 12.3. The number of ether oxygens (including phenoxy) is 1. The molecule has 1 heterocycles. The molecule has 3 rings (SSSR count). The van der Waals surface area contributed by atoms with Crippen LogP contribution in [0.5, 0.6) is 5.75 Å². The third-order valence-corrected chi connectivity index (χ3v) is 3.83. The van der Waals surface area contributed by atoms with Crippen LogP contribution in [-0.2, 0) is 0 Å². The lowest BCUT2D eigenvalue weighted by Gasteiger charge is -2.12. The zero-order chi connectivity index (χ0) is 15.7. The summed E-state index contributed by atoms with van der Waals surface area (Å²) in [5, 5.41) is 0. The molecule has 0 unspecified atom stereocenters. The number of hydrogen-bond donors (Lipinski definition) is 0. The van der Waals surface area contributed by atoms with Gasteiger partial charge in [-0.25, -0.2) is 4.98 Å². The Balaban J connectivity index is 1.97. The maximum absolute atomic E-state index is 12.7. The summed E-state index contributed by atoms with van der Waals surface area (Å²) in [6.45, 7) is 3.92. The van der Waals surface area contributed by atoms with E-state index in [1.165, 1.54) is 0 Å². The Morgan fingerprint density at radius 3 is 2.73 bits per heavy atom. The number of fused-ring (bicyclic) bond motifs is 1. The highest BCUT2D eigenvalue weighted by Crippen LogP contribution is 2.27. The van der Waals surface area contributed by atoms with Crippen LogP contribution >= 0.6 is 15.9 Å². The molecule has 4 nitrogen and oxygen atoms in total. The summed E-state index contributed by atoms with van der Waals surface area (Å²) >= 11 is 3.45. The number of rotatable bonds is 3. The van der Waals surface area contributed by atoms with Gasteiger partial charge in [-0.3, -0.25) is 9.36 Å². The van der Waals surface area contributed by atoms with Gasteiger partial charge in [0.1, 0.15) is 12.1 Å². The van der Waals surface area contributed by atoms with Crippen LogP contribution in [0.3, 0.4) is 0 Å². The topological polar surface area (TPSA) is 44.1 Å². The summed E-state index contributed by atoms with van der Waals surface area (Å²) in [6.07, 6.45) is 1.63. The number of para-hydroxylation sites is 2. The van der Waals surface area contributed by atoms with Crippen molar-refractivity contribution in [3.05, 3.63) is 58.8 Å². The van der Waals surface area contributed by atoms with E-state index in [0.717, 1.165) is 21.3 Å². The number of carbonyl (C=O) groups is 1. The van der Waals surface area contributed by atoms with Crippen LogP contribution in [0.2, 0.25) is 0 Å². The first-order chi connectivity index (χ1) is 10.6. The van der Waals surface area contributed by atoms with E-state index >= 15 is 0 Å². The molecule has 0 N–H and O–H groups in total. The van der Waals surface area contributed by atoms with E-state index in [0.29, 0.717) is 5.56 Å². The number of aromatic nitrogens is 2. The monoisotopic (exact) mass is 358 g/mol. The van der Waals surface area contributed by atoms with Gasteiger partial charge < -0.3 is 4.74 Å². The van der Waals surface area contributed by atoms with Crippen LogP contribution < -0.4 is 4.74 Å². The molecular weight excluding hydrogens is 344 g/mol. The molecule has 1 aromatic heterocycles. The van der Waals surface area contributed by atoms with Gasteiger partial charge in [0.15, 0.2) is 0 Å². The normalized spacial score (nSPS) is 11.1. The average molecular weight is 359 g/mol. The summed E-state index contributed by atoms with van der Waals surface area (Å²) < 4.78 is 7.98. The highest BCUT2D eigenvalue weighted by molar-refractivity contribution is 9.10. The second-order valence-electron chi connectivity index (χ2n) is 5.22. The second kappa shape index (κ2) is 5.93. The average Bonchev–Trinajstić information content (AvgIpc) is 2.92. The molecule has 5 heteroatoms. The molecular formula is C17H15BrN2O2. The number of imidazole rings is 1. The molecule has 0 saturated heterocycles. The maximum Gasteiger partial charge on any atom is 0.263 e. The van der Waals surface area contributed by atoms with Gasteiger partial charge in [0, 0.05) is 5.56 Å². The SMILES string of the molecule is CC(C)Oc1ccc(C(=O)n2cnc3ccccc32)cc1Br. The smallest absolute Gasteiger partial charge is 0.263 e. The Bertz CT molecular complexity index is 840. The van der Waals surface area contributed by atoms with Gasteiger partial charge in [-0.2, -0.15) is 0 Å². The fourth-order valence-corrected chi connectivity index (χ4v) is 2.72. The molecule has 0 aliphatic carbocycles. The van der Waals surface area contributed by atoms with Crippen LogP contribution in [0.4, 0.5) is 0 Å². The van der Waals surface area contributed by atoms with Gasteiger partial charge in [-0.05, 0) is 60.1 Å². The maximum atomic E-state index is 12.7. The number of carbonyl (C=O) groups excluding carboxylic acids is 1. The summed E-state index contributed by atoms with van der Waals surface area (Å²) in [7, 11) is 0. The zero-order valence-corrected chi connectivity index (χ0v) is 13.9. The van der Waals surface area contributed by atoms with Gasteiger partial charge in [0.05, 0.1) is 21.6 Å². The van der Waals surface area contributed by atoms with Gasteiger partial charge in [-0.1, -0.05) is 12.1 Å². The van der Waals surface area contributed by atoms with Crippen molar-refractivity contribution < 1.29 is 9.53 Å². The predicted molar refractivity (Wildman–Crippen MR) is 89.4 cm³/mol. The minimum atomic E-state index is -0.120. The highest BCUT2D eigenvalue weighted by atomic mass is 79.9. The molecule has 0 spiro atoms. The molecule has 0 fully saturated rings. The number of halogens is 1. The molecule has 0 bridgehead atoms. The first kappa shape index (κ1) is 14.8. The van der Waals surface area contributed by atoms with E-state index in [1.807, 2.05) is 38.1 Å². The molecule has 3 aromatic rings. The molecule has 0 amide bonds. The standard InChI is InChI=1S/C17H15BrN2O2/c1-11(2)22-16-8-7-12(9-13(16)18)17(21)20-10-19-14-5-3-4-6-15(14)20/h3-11H,1-2H3. The summed E-state index contributed by atoms with van der Waals surface area (Å²) in [5.74, 6) is 0.604. The van der Waals surface area contributed by atoms with E-state index in [2.05, 4.69) is 20.9 Å². The molecule has 0 aliphatic heterocycles. The third kappa shape index (κ3) is 2.76. The van der Waals surface area contributed by atoms with Crippen LogP contribution in [0.25, 0.3) is 11.0 Å². The third-order valence-electron chi connectivity index (χ3n) is 3.21. The summed E-state index contributed by atoms with van der Waals surface area (Å²) in [5.41, 5.74) is 2.17. The Morgan fingerprint density at radius 1 is 1.23 bits per heavy atom. The van der Waals surface area contributed by atoms with Crippen molar-refractivity contribution in [2.45, 2.75) is 20.0 Å². The molecule has 0 radical (unpaired) electrons. The fourth-order valence-electron chi connectivity index (χ4n) is 2.24. The number of nitrogens with zero attached hydrogens (tertiary/aromatic N) is 2. The van der Waals surface area contributed by atoms with Crippen molar-refractivity contribution >= 4 is 32.9 Å². The second-order valence-corrected chi connectivity index (χ2v) is 6.07. The van der Waals surface area contributed by atoms with E-state index in [9.17, 15) is 4.79 Å². The lowest BCUT2D eigenvalue weighted by atomic mass is 10.2. The first-order valence-electron chi connectivity index (χ1n) is 6.99. The summed E-state index contributed by atoms with van der Waals surface area (Å²) in [4.78, 5) is 16.9. The van der Waals surface area contributed by atoms with Gasteiger partial charge in [0.2, 0.25) is 0 Å². The van der Waals surface area contributed by atoms with Crippen molar-refractivity contribution in [2.24, 2.45) is 0 Å². The van der Waals surface area contributed by atoms with E-state index in [4.69, 9.17) is 4.74 Å². The fraction of sp³-hybridized carbons (Fsp3) is 0.176. The Kier molecular flexibility index (Phi) is 3.98. The predicted octanol–water partition coefficient (Wildman–Crippen LogP) is 4.27. The number of benzene rings is 2. The van der Waals surface area contributed by atoms with Crippen LogP contribution in [0.1, 0.15) is 24.2 Å². The molecule has 0 aliphatic rings.